The van der Waals surface area contributed by atoms with E-state index >= 15 is 0 Å². The predicted molar refractivity (Wildman–Crippen MR) is 231 cm³/mol. The van der Waals surface area contributed by atoms with E-state index in [1.165, 1.54) is 82.1 Å². The van der Waals surface area contributed by atoms with Crippen LogP contribution < -0.4 is 302 Å². The van der Waals surface area contributed by atoms with E-state index < -0.39 is 61.8 Å². The van der Waals surface area contributed by atoms with Crippen molar-refractivity contribution in [2.45, 2.75) is 84.0 Å². The second-order valence-electron chi connectivity index (χ2n) is 16.4. The number of aromatic carboxylic acids is 1. The van der Waals surface area contributed by atoms with E-state index in [4.69, 9.17) is 18.3 Å². The number of carbonyl (C=O) groups is 6. The van der Waals surface area contributed by atoms with Gasteiger partial charge in [-0.2, -0.15) is 0 Å². The van der Waals surface area contributed by atoms with Crippen LogP contribution in [0.25, 0.3) is 22.6 Å². The summed E-state index contributed by atoms with van der Waals surface area (Å²) >= 11 is 0. The number of fused-ring (bicyclic) bond motifs is 1. The number of aromatic nitrogens is 1. The molecule has 0 unspecified atom stereocenters. The molecule has 1 saturated heterocycles. The Morgan fingerprint density at radius 1 is 0.625 bits per heavy atom. The number of nitrogens with zero attached hydrogens (tertiary/aromatic N) is 5. The summed E-state index contributed by atoms with van der Waals surface area (Å²) in [6.07, 6.45) is 14.1. The van der Waals surface area contributed by atoms with Gasteiger partial charge in [-0.25, -0.2) is 4.98 Å². The summed E-state index contributed by atoms with van der Waals surface area (Å²) in [5.41, 5.74) is 0.696. The molecule has 1 aliphatic heterocycles. The number of benzene rings is 2. The van der Waals surface area contributed by atoms with Gasteiger partial charge in [0.15, 0.2) is 11.5 Å². The van der Waals surface area contributed by atoms with Crippen LogP contribution in [0.15, 0.2) is 51.4 Å². The molecule has 0 N–H and O–H groups in total. The first-order valence-corrected chi connectivity index (χ1v) is 22.6. The predicted octanol–water partition coefficient (Wildman–Crippen LogP) is -15.5. The SMILES string of the molecule is CCCCCCCCCCCCN1CCN(C(=O)CCc2ccc(N(CC(=O)[O-])CC(=O)[O-])c(OCCOc3cc4cc(-c5ncc(C(=O)[O-])o5)oc4cc3N(CC(=O)[O-])CC(=O)[O-])c2)CC1.[K+].[K+].[K+].[K+].[K+]. The number of hydrogen-bond donors (Lipinski definition) is 0. The fourth-order valence-corrected chi connectivity index (χ4v) is 7.93. The summed E-state index contributed by atoms with van der Waals surface area (Å²) in [6.45, 7) is 2.03. The van der Waals surface area contributed by atoms with Crippen molar-refractivity contribution in [3.8, 4) is 23.1 Å². The van der Waals surface area contributed by atoms with Crippen molar-refractivity contribution in [1.82, 2.24) is 14.8 Å². The Labute approximate surface area is 632 Å². The van der Waals surface area contributed by atoms with Crippen molar-refractivity contribution in [3.63, 3.8) is 0 Å². The van der Waals surface area contributed by atoms with E-state index in [0.717, 1.165) is 42.1 Å². The molecule has 72 heavy (non-hydrogen) atoms. The van der Waals surface area contributed by atoms with Crippen LogP contribution in [0.3, 0.4) is 0 Å². The van der Waals surface area contributed by atoms with Crippen molar-refractivity contribution in [3.05, 3.63) is 53.9 Å². The molecule has 0 spiro atoms. The quantitative estimate of drug-likeness (QED) is 0.0334. The van der Waals surface area contributed by atoms with Gasteiger partial charge in [0.2, 0.25) is 5.91 Å². The van der Waals surface area contributed by atoms with Crippen molar-refractivity contribution >= 4 is 58.1 Å². The zero-order valence-corrected chi connectivity index (χ0v) is 58.3. The van der Waals surface area contributed by atoms with Gasteiger partial charge in [0.05, 0.1) is 67.6 Å². The third kappa shape index (κ3) is 25.6. The second-order valence-corrected chi connectivity index (χ2v) is 16.4. The first kappa shape index (κ1) is 73.4. The minimum Gasteiger partial charge on any atom is -0.548 e. The molecule has 0 radical (unpaired) electrons. The van der Waals surface area contributed by atoms with Gasteiger partial charge in [0.1, 0.15) is 36.3 Å². The van der Waals surface area contributed by atoms with Crippen LogP contribution in [-0.2, 0) is 30.4 Å². The number of carboxylic acids is 5. The van der Waals surface area contributed by atoms with Crippen LogP contribution in [-0.4, -0.2) is 123 Å². The number of rotatable bonds is 31. The first-order chi connectivity index (χ1) is 32.2. The van der Waals surface area contributed by atoms with E-state index in [1.807, 2.05) is 4.90 Å². The summed E-state index contributed by atoms with van der Waals surface area (Å²) in [6, 6.07) is 8.75. The molecular weight excluding hydrogens is 1070 g/mol. The third-order valence-electron chi connectivity index (χ3n) is 11.3. The molecular formula is C47H56K5N5O15. The zero-order valence-electron chi connectivity index (χ0n) is 42.7. The van der Waals surface area contributed by atoms with Crippen LogP contribution in [0.1, 0.15) is 93.7 Å². The molecule has 2 aromatic heterocycles. The number of hydrogen-bond acceptors (Lipinski definition) is 19. The smallest absolute Gasteiger partial charge is 0.548 e. The van der Waals surface area contributed by atoms with Gasteiger partial charge in [-0.15, -0.1) is 0 Å². The van der Waals surface area contributed by atoms with Crippen LogP contribution in [0, 0.1) is 0 Å². The molecule has 0 aliphatic carbocycles. The summed E-state index contributed by atoms with van der Waals surface area (Å²) < 4.78 is 23.0. The number of carboxylic acid groups (broad SMARTS) is 5. The summed E-state index contributed by atoms with van der Waals surface area (Å²) in [5.74, 6) is -8.90. The molecule has 3 heterocycles. The molecule has 1 aliphatic rings. The van der Waals surface area contributed by atoms with Gasteiger partial charge in [-0.05, 0) is 49.2 Å². The van der Waals surface area contributed by atoms with Crippen LogP contribution in [0.5, 0.6) is 11.5 Å². The number of amides is 1. The molecule has 0 bridgehead atoms. The van der Waals surface area contributed by atoms with E-state index in [2.05, 4.69) is 16.8 Å². The first-order valence-electron chi connectivity index (χ1n) is 22.6. The monoisotopic (exact) mass is 1130 g/mol. The summed E-state index contributed by atoms with van der Waals surface area (Å²) in [7, 11) is 0. The number of unbranched alkanes of at least 4 members (excludes halogenated alkanes) is 9. The molecule has 0 saturated carbocycles. The van der Waals surface area contributed by atoms with Crippen molar-refractivity contribution in [1.29, 1.82) is 0 Å². The van der Waals surface area contributed by atoms with E-state index in [-0.39, 0.29) is 329 Å². The van der Waals surface area contributed by atoms with Crippen LogP contribution >= 0.6 is 0 Å². The number of ether oxygens (including phenoxy) is 2. The van der Waals surface area contributed by atoms with E-state index in [1.54, 1.807) is 12.1 Å². The number of furan rings is 1. The minimum absolute atomic E-state index is 0. The van der Waals surface area contributed by atoms with Crippen molar-refractivity contribution < 1.29 is 330 Å². The Hall–Kier alpha value is 1.35. The molecule has 0 atom stereocenters. The Kier molecular flexibility index (Phi) is 40.4. The second kappa shape index (κ2) is 39.7. The van der Waals surface area contributed by atoms with Crippen molar-refractivity contribution in [2.75, 3.05) is 81.9 Å². The number of oxazole rings is 1. The minimum atomic E-state index is -1.63. The topological polar surface area (TPSA) is 288 Å². The Bertz CT molecular complexity index is 2290. The summed E-state index contributed by atoms with van der Waals surface area (Å²) in [4.78, 5) is 81.2. The average molecular weight is 1130 g/mol. The molecule has 1 amide bonds. The number of aryl methyl sites for hydroxylation is 1. The molecule has 4 aromatic rings. The normalized spacial score (nSPS) is 11.9. The van der Waals surface area contributed by atoms with Gasteiger partial charge in [-0.1, -0.05) is 70.8 Å². The van der Waals surface area contributed by atoms with Gasteiger partial charge in [0, 0.05) is 44.1 Å². The van der Waals surface area contributed by atoms with Gasteiger partial charge in [-0.3, -0.25) is 9.69 Å². The standard InChI is InChI=1S/C47H61N5O15.5K/c1-2-3-4-5-6-7-8-9-10-11-16-49-17-19-50(20-18-49)41(53)15-13-32-12-14-34(51(28-42(54)55)29-43(56)57)37(23-32)64-21-22-65-38-24-33-25-39(46-48-27-40(67-46)47(62)63)66-36(33)26-35(38)52(30-44(58)59)31-45(60)61;;;;;/h12,14,23-27H,2-11,13,15-22,28-31H2,1H3,(H,54,55)(H,56,57)(H,58,59)(H,60,61)(H,62,63);;;;;/q;5*+1/p-5. The maximum absolute atomic E-state index is 13.3. The maximum atomic E-state index is 13.3. The average Bonchev–Trinajstić information content (AvgIpc) is 3.95. The number of carbonyl (C=O) groups excluding carboxylic acids is 6. The van der Waals surface area contributed by atoms with Crippen LogP contribution in [0.4, 0.5) is 11.4 Å². The largest absolute Gasteiger partial charge is 1.00 e. The fourth-order valence-electron chi connectivity index (χ4n) is 7.93. The van der Waals surface area contributed by atoms with E-state index in [0.29, 0.717) is 24.0 Å². The van der Waals surface area contributed by atoms with E-state index in [9.17, 15) is 54.3 Å². The van der Waals surface area contributed by atoms with Crippen LogP contribution in [0.2, 0.25) is 0 Å². The number of anilines is 2. The Morgan fingerprint density at radius 3 is 1.65 bits per heavy atom. The molecule has 2 aromatic carbocycles. The molecule has 5 rings (SSSR count). The third-order valence-corrected chi connectivity index (χ3v) is 11.3. The Morgan fingerprint density at radius 2 is 1.14 bits per heavy atom. The Balaban J connectivity index is 0.0000101. The number of piperazine rings is 1. The maximum Gasteiger partial charge on any atom is 1.00 e. The van der Waals surface area contributed by atoms with Gasteiger partial charge in [0.25, 0.3) is 5.89 Å². The molecule has 364 valence electrons. The van der Waals surface area contributed by atoms with Gasteiger partial charge >= 0.3 is 257 Å². The molecule has 25 heteroatoms. The molecule has 20 nitrogen and oxygen atoms in total. The molecule has 1 fully saturated rings. The number of aliphatic carboxylic acids is 4. The zero-order chi connectivity index (χ0) is 48.3. The fraction of sp³-hybridized carbons (Fsp3) is 0.511. The summed E-state index contributed by atoms with van der Waals surface area (Å²) in [5, 5.41) is 58.2. The van der Waals surface area contributed by atoms with Gasteiger partial charge < -0.3 is 82.5 Å². The van der Waals surface area contributed by atoms with Crippen molar-refractivity contribution in [2.24, 2.45) is 0 Å².